The van der Waals surface area contributed by atoms with Gasteiger partial charge in [-0.3, -0.25) is 4.79 Å². The van der Waals surface area contributed by atoms with Crippen molar-refractivity contribution in [3.05, 3.63) is 71.2 Å². The molecule has 1 atom stereocenters. The monoisotopic (exact) mass is 444 g/mol. The molecule has 1 aliphatic carbocycles. The minimum Gasteiger partial charge on any atom is -0.497 e. The number of benzene rings is 2. The molecule has 0 radical (unpaired) electrons. The predicted molar refractivity (Wildman–Crippen MR) is 122 cm³/mol. The third-order valence-corrected chi connectivity index (χ3v) is 6.07. The number of carbonyl (C=O) groups is 1. The average Bonchev–Trinajstić information content (AvgIpc) is 3.22. The Labute approximate surface area is 191 Å². The van der Waals surface area contributed by atoms with Crippen molar-refractivity contribution < 1.29 is 19.0 Å². The third kappa shape index (κ3) is 3.62. The summed E-state index contributed by atoms with van der Waals surface area (Å²) in [5.41, 5.74) is 5.28. The molecular formula is C25H24N4O4. The number of ketones is 1. The maximum absolute atomic E-state index is 13.1. The minimum absolute atomic E-state index is 0.0569. The smallest absolute Gasteiger partial charge is 0.185 e. The molecular weight excluding hydrogens is 420 g/mol. The zero-order chi connectivity index (χ0) is 22.9. The van der Waals surface area contributed by atoms with Crippen LogP contribution in [-0.2, 0) is 17.8 Å². The number of rotatable bonds is 6. The Hall–Kier alpha value is -3.78. The SMILES string of the molecule is COCc1nn2c3c(nnc2c1-c1ccccc1)C(=O)C[C@H](c1ccc(OC)cc1OC)C3. The second-order valence-corrected chi connectivity index (χ2v) is 7.99. The molecule has 0 unspecified atom stereocenters. The standard InChI is InChI=1S/C25H24N4O4/c1-31-14-19-23(15-7-5-4-6-8-15)25-27-26-24-20(29(25)28-19)11-16(12-21(24)30)18-10-9-17(32-2)13-22(18)33-3/h4-10,13,16H,11-12,14H2,1-3H3/t16-/m1/s1. The molecule has 0 saturated heterocycles. The first kappa shape index (κ1) is 21.1. The van der Waals surface area contributed by atoms with E-state index in [1.807, 2.05) is 48.5 Å². The normalized spacial score (nSPS) is 15.5. The number of fused-ring (bicyclic) bond motifs is 3. The summed E-state index contributed by atoms with van der Waals surface area (Å²) < 4.78 is 18.1. The number of methoxy groups -OCH3 is 3. The highest BCUT2D eigenvalue weighted by Crippen LogP contribution is 2.39. The number of hydrogen-bond acceptors (Lipinski definition) is 7. The maximum Gasteiger partial charge on any atom is 0.185 e. The average molecular weight is 444 g/mol. The lowest BCUT2D eigenvalue weighted by Gasteiger charge is -2.24. The van der Waals surface area contributed by atoms with Crippen molar-refractivity contribution >= 4 is 11.4 Å². The fraction of sp³-hybridized carbons (Fsp3) is 0.280. The van der Waals surface area contributed by atoms with Gasteiger partial charge in [0.2, 0.25) is 0 Å². The van der Waals surface area contributed by atoms with Gasteiger partial charge in [-0.25, -0.2) is 4.52 Å². The summed E-state index contributed by atoms with van der Waals surface area (Å²) in [6, 6.07) is 15.6. The van der Waals surface area contributed by atoms with E-state index in [0.717, 1.165) is 28.1 Å². The molecule has 2 heterocycles. The molecule has 33 heavy (non-hydrogen) atoms. The molecule has 8 nitrogen and oxygen atoms in total. The lowest BCUT2D eigenvalue weighted by Crippen LogP contribution is -2.24. The lowest BCUT2D eigenvalue weighted by atomic mass is 9.83. The van der Waals surface area contributed by atoms with Gasteiger partial charge in [-0.15, -0.1) is 10.2 Å². The summed E-state index contributed by atoms with van der Waals surface area (Å²) in [6.07, 6.45) is 0.908. The number of aromatic nitrogens is 4. The molecule has 4 aromatic rings. The molecule has 1 aliphatic rings. The molecule has 168 valence electrons. The summed E-state index contributed by atoms with van der Waals surface area (Å²) >= 11 is 0. The van der Waals surface area contributed by atoms with Crippen LogP contribution in [0.25, 0.3) is 16.8 Å². The van der Waals surface area contributed by atoms with Gasteiger partial charge in [0, 0.05) is 25.5 Å². The number of ether oxygens (including phenoxy) is 3. The van der Waals surface area contributed by atoms with E-state index >= 15 is 0 Å². The van der Waals surface area contributed by atoms with Crippen LogP contribution in [0.3, 0.4) is 0 Å². The van der Waals surface area contributed by atoms with E-state index in [1.165, 1.54) is 0 Å². The van der Waals surface area contributed by atoms with Crippen LogP contribution in [0.1, 0.15) is 39.8 Å². The van der Waals surface area contributed by atoms with Crippen LogP contribution in [0.5, 0.6) is 11.5 Å². The molecule has 8 heteroatoms. The highest BCUT2D eigenvalue weighted by Gasteiger charge is 2.33. The van der Waals surface area contributed by atoms with Gasteiger partial charge in [0.1, 0.15) is 11.5 Å². The van der Waals surface area contributed by atoms with E-state index in [0.29, 0.717) is 42.3 Å². The van der Waals surface area contributed by atoms with Crippen molar-refractivity contribution in [2.75, 3.05) is 21.3 Å². The zero-order valence-corrected chi connectivity index (χ0v) is 18.7. The topological polar surface area (TPSA) is 87.8 Å². The second-order valence-electron chi connectivity index (χ2n) is 7.99. The third-order valence-electron chi connectivity index (χ3n) is 6.07. The Morgan fingerprint density at radius 2 is 1.82 bits per heavy atom. The first-order chi connectivity index (χ1) is 16.1. The summed E-state index contributed by atoms with van der Waals surface area (Å²) in [7, 11) is 4.87. The van der Waals surface area contributed by atoms with Crippen LogP contribution >= 0.6 is 0 Å². The zero-order valence-electron chi connectivity index (χ0n) is 18.7. The molecule has 0 aliphatic heterocycles. The Kier molecular flexibility index (Phi) is 5.51. The van der Waals surface area contributed by atoms with Gasteiger partial charge >= 0.3 is 0 Å². The van der Waals surface area contributed by atoms with Gasteiger partial charge in [-0.05, 0) is 23.6 Å². The van der Waals surface area contributed by atoms with Crippen LogP contribution < -0.4 is 9.47 Å². The van der Waals surface area contributed by atoms with E-state index in [2.05, 4.69) is 10.2 Å². The number of hydrogen-bond donors (Lipinski definition) is 0. The molecule has 0 saturated carbocycles. The summed E-state index contributed by atoms with van der Waals surface area (Å²) in [4.78, 5) is 13.1. The second kappa shape index (κ2) is 8.63. The molecule has 0 bridgehead atoms. The molecule has 2 aromatic heterocycles. The first-order valence-electron chi connectivity index (χ1n) is 10.7. The van der Waals surface area contributed by atoms with E-state index in [-0.39, 0.29) is 11.7 Å². The van der Waals surface area contributed by atoms with Crippen LogP contribution in [0.15, 0.2) is 48.5 Å². The van der Waals surface area contributed by atoms with E-state index in [4.69, 9.17) is 19.3 Å². The van der Waals surface area contributed by atoms with Gasteiger partial charge in [-0.2, -0.15) is 5.10 Å². The number of nitrogens with zero attached hydrogens (tertiary/aromatic N) is 4. The summed E-state index contributed by atoms with van der Waals surface area (Å²) in [5, 5.41) is 13.6. The van der Waals surface area contributed by atoms with Gasteiger partial charge < -0.3 is 14.2 Å². The fourth-order valence-electron chi connectivity index (χ4n) is 4.53. The molecule has 0 amide bonds. The van der Waals surface area contributed by atoms with Crippen molar-refractivity contribution in [1.82, 2.24) is 19.8 Å². The molecule has 5 rings (SSSR count). The molecule has 2 aromatic carbocycles. The predicted octanol–water partition coefficient (Wildman–Crippen LogP) is 3.87. The molecule has 0 spiro atoms. The summed E-state index contributed by atoms with van der Waals surface area (Å²) in [5.74, 6) is 1.27. The highest BCUT2D eigenvalue weighted by molar-refractivity contribution is 5.97. The molecule has 0 fully saturated rings. The van der Waals surface area contributed by atoms with Crippen molar-refractivity contribution in [3.8, 4) is 22.6 Å². The van der Waals surface area contributed by atoms with Crippen molar-refractivity contribution in [2.45, 2.75) is 25.4 Å². The van der Waals surface area contributed by atoms with E-state index < -0.39 is 0 Å². The minimum atomic E-state index is -0.0755. The van der Waals surface area contributed by atoms with Crippen molar-refractivity contribution in [3.63, 3.8) is 0 Å². The summed E-state index contributed by atoms with van der Waals surface area (Å²) in [6.45, 7) is 0.325. The Morgan fingerprint density at radius 1 is 1.00 bits per heavy atom. The Bertz CT molecular complexity index is 1330. The highest BCUT2D eigenvalue weighted by atomic mass is 16.5. The van der Waals surface area contributed by atoms with Crippen LogP contribution in [0.4, 0.5) is 0 Å². The van der Waals surface area contributed by atoms with Crippen LogP contribution in [0.2, 0.25) is 0 Å². The first-order valence-corrected chi connectivity index (χ1v) is 10.7. The van der Waals surface area contributed by atoms with E-state index in [1.54, 1.807) is 25.8 Å². The van der Waals surface area contributed by atoms with E-state index in [9.17, 15) is 4.79 Å². The maximum atomic E-state index is 13.1. The van der Waals surface area contributed by atoms with Crippen LogP contribution in [-0.4, -0.2) is 46.9 Å². The fourth-order valence-corrected chi connectivity index (χ4v) is 4.53. The number of Topliss-reactive ketones (excluding diaryl/α,β-unsaturated/α-hetero) is 1. The van der Waals surface area contributed by atoms with Crippen molar-refractivity contribution in [1.29, 1.82) is 0 Å². The van der Waals surface area contributed by atoms with Gasteiger partial charge in [-0.1, -0.05) is 36.4 Å². The Balaban J connectivity index is 1.65. The largest absolute Gasteiger partial charge is 0.497 e. The van der Waals surface area contributed by atoms with Gasteiger partial charge in [0.05, 0.1) is 37.8 Å². The Morgan fingerprint density at radius 3 is 2.55 bits per heavy atom. The van der Waals surface area contributed by atoms with Crippen molar-refractivity contribution in [2.24, 2.45) is 0 Å². The van der Waals surface area contributed by atoms with Crippen LogP contribution in [0, 0.1) is 0 Å². The number of carbonyl (C=O) groups excluding carboxylic acids is 1. The van der Waals surface area contributed by atoms with Gasteiger partial charge in [0.15, 0.2) is 17.1 Å². The van der Waals surface area contributed by atoms with Gasteiger partial charge in [0.25, 0.3) is 0 Å². The molecule has 0 N–H and O–H groups in total. The quantitative estimate of drug-likeness (QED) is 0.446. The lowest BCUT2D eigenvalue weighted by molar-refractivity contribution is 0.0955.